The van der Waals surface area contributed by atoms with Gasteiger partial charge in [-0.3, -0.25) is 0 Å². The van der Waals surface area contributed by atoms with E-state index in [1.165, 1.54) is 31.4 Å². The lowest BCUT2D eigenvalue weighted by molar-refractivity contribution is 0.225. The normalized spacial score (nSPS) is 16.7. The average Bonchev–Trinajstić information content (AvgIpc) is 2.67. The van der Waals surface area contributed by atoms with Gasteiger partial charge >= 0.3 is 0 Å². The fourth-order valence-electron chi connectivity index (χ4n) is 4.25. The van der Waals surface area contributed by atoms with Crippen molar-refractivity contribution < 1.29 is 8.78 Å². The molecule has 5 heteroatoms. The van der Waals surface area contributed by atoms with Gasteiger partial charge in [-0.15, -0.1) is 0 Å². The van der Waals surface area contributed by atoms with E-state index >= 15 is 0 Å². The van der Waals surface area contributed by atoms with Crippen LogP contribution in [0.4, 0.5) is 8.78 Å². The predicted octanol–water partition coefficient (Wildman–Crippen LogP) is 5.82. The van der Waals surface area contributed by atoms with E-state index in [1.807, 2.05) is 0 Å². The molecule has 3 rings (SSSR count). The van der Waals surface area contributed by atoms with Crippen molar-refractivity contribution in [2.24, 2.45) is 0 Å². The second-order valence-electron chi connectivity index (χ2n) is 9.34. The maximum atomic E-state index is 13.3. The summed E-state index contributed by atoms with van der Waals surface area (Å²) in [5.41, 5.74) is 2.80. The molecule has 0 atom stereocenters. The third-order valence-electron chi connectivity index (χ3n) is 5.91. The first-order valence-electron chi connectivity index (χ1n) is 10.8. The summed E-state index contributed by atoms with van der Waals surface area (Å²) < 4.78 is 26.7. The van der Waals surface area contributed by atoms with Crippen LogP contribution >= 0.6 is 0 Å². The molecule has 1 saturated carbocycles. The first-order chi connectivity index (χ1) is 13.8. The Bertz CT molecular complexity index is 788. The molecule has 1 heterocycles. The summed E-state index contributed by atoms with van der Waals surface area (Å²) >= 11 is 0. The summed E-state index contributed by atoms with van der Waals surface area (Å²) in [6, 6.07) is 5.95. The van der Waals surface area contributed by atoms with Gasteiger partial charge in [0.15, 0.2) is 0 Å². The molecule has 2 aromatic rings. The number of halogens is 2. The van der Waals surface area contributed by atoms with Crippen LogP contribution in [0.25, 0.3) is 0 Å². The molecule has 0 unspecified atom stereocenters. The average molecular weight is 402 g/mol. The highest BCUT2D eigenvalue weighted by Gasteiger charge is 2.35. The molecule has 3 nitrogen and oxygen atoms in total. The minimum absolute atomic E-state index is 0.00617. The van der Waals surface area contributed by atoms with Crippen LogP contribution in [0, 0.1) is 11.6 Å². The third kappa shape index (κ3) is 5.81. The van der Waals surface area contributed by atoms with Crippen LogP contribution in [0.1, 0.15) is 82.7 Å². The minimum atomic E-state index is -0.502. The second-order valence-corrected chi connectivity index (χ2v) is 9.34. The molecule has 0 spiro atoms. The Morgan fingerprint density at radius 3 is 2.28 bits per heavy atom. The van der Waals surface area contributed by atoms with E-state index in [2.05, 4.69) is 42.1 Å². The van der Waals surface area contributed by atoms with E-state index in [-0.39, 0.29) is 11.0 Å². The highest BCUT2D eigenvalue weighted by atomic mass is 19.1. The summed E-state index contributed by atoms with van der Waals surface area (Å²) in [6.45, 7) is 7.40. The van der Waals surface area contributed by atoms with Crippen molar-refractivity contribution in [3.8, 4) is 0 Å². The van der Waals surface area contributed by atoms with Gasteiger partial charge in [0.2, 0.25) is 0 Å². The van der Waals surface area contributed by atoms with Gasteiger partial charge < -0.3 is 5.32 Å². The van der Waals surface area contributed by atoms with E-state index in [0.29, 0.717) is 6.42 Å². The summed E-state index contributed by atoms with van der Waals surface area (Å²) in [6.07, 6.45) is 10.1. The Morgan fingerprint density at radius 1 is 0.931 bits per heavy atom. The zero-order valence-corrected chi connectivity index (χ0v) is 17.9. The highest BCUT2D eigenvalue weighted by Crippen LogP contribution is 2.37. The maximum Gasteiger partial charge on any atom is 0.126 e. The molecule has 1 aliphatic carbocycles. The number of benzene rings is 1. The Hall–Kier alpha value is -1.88. The summed E-state index contributed by atoms with van der Waals surface area (Å²) in [5.74, 6) is -1.00. The van der Waals surface area contributed by atoms with Crippen LogP contribution in [-0.4, -0.2) is 16.5 Å². The Balaban J connectivity index is 1.62. The largest absolute Gasteiger partial charge is 0.306 e. The van der Waals surface area contributed by atoms with E-state index in [9.17, 15) is 8.78 Å². The number of rotatable bonds is 7. The van der Waals surface area contributed by atoms with Crippen LogP contribution in [-0.2, 0) is 17.4 Å². The topological polar surface area (TPSA) is 37.8 Å². The summed E-state index contributed by atoms with van der Waals surface area (Å²) in [7, 11) is 0. The van der Waals surface area contributed by atoms with Crippen LogP contribution in [0.3, 0.4) is 0 Å². The van der Waals surface area contributed by atoms with Crippen molar-refractivity contribution in [3.63, 3.8) is 0 Å². The molecule has 29 heavy (non-hydrogen) atoms. The van der Waals surface area contributed by atoms with Crippen molar-refractivity contribution in [1.82, 2.24) is 15.3 Å². The fourth-order valence-corrected chi connectivity index (χ4v) is 4.25. The van der Waals surface area contributed by atoms with Gasteiger partial charge in [0.25, 0.3) is 0 Å². The van der Waals surface area contributed by atoms with Crippen molar-refractivity contribution in [3.05, 3.63) is 59.2 Å². The van der Waals surface area contributed by atoms with E-state index < -0.39 is 11.6 Å². The lowest BCUT2D eigenvalue weighted by Crippen LogP contribution is -2.45. The number of nitrogens with one attached hydrogen (secondary N) is 1. The zero-order chi connectivity index (χ0) is 20.9. The van der Waals surface area contributed by atoms with Crippen LogP contribution in [0.5, 0.6) is 0 Å². The SMILES string of the molecule is CC(C)(C)c1cc(C2(NCCCCc3cc(F)cc(F)c3)CCCCC2)ncn1. The molecule has 158 valence electrons. The fraction of sp³-hybridized carbons (Fsp3) is 0.583. The minimum Gasteiger partial charge on any atom is -0.306 e. The van der Waals surface area contributed by atoms with Gasteiger partial charge in [0.05, 0.1) is 11.2 Å². The molecule has 0 saturated heterocycles. The molecule has 1 aromatic carbocycles. The van der Waals surface area contributed by atoms with Gasteiger partial charge in [-0.1, -0.05) is 40.0 Å². The highest BCUT2D eigenvalue weighted by molar-refractivity contribution is 5.23. The second kappa shape index (κ2) is 9.29. The van der Waals surface area contributed by atoms with Gasteiger partial charge in [-0.2, -0.15) is 0 Å². The number of nitrogens with zero attached hydrogens (tertiary/aromatic N) is 2. The molecule has 1 aliphatic rings. The Morgan fingerprint density at radius 2 is 1.62 bits per heavy atom. The molecule has 0 radical (unpaired) electrons. The molecular weight excluding hydrogens is 368 g/mol. The first-order valence-corrected chi connectivity index (χ1v) is 10.8. The molecular formula is C24H33F2N3. The number of aryl methyl sites for hydroxylation is 1. The zero-order valence-electron chi connectivity index (χ0n) is 17.9. The lowest BCUT2D eigenvalue weighted by atomic mass is 9.78. The van der Waals surface area contributed by atoms with Crippen LogP contribution < -0.4 is 5.32 Å². The quantitative estimate of drug-likeness (QED) is 0.594. The summed E-state index contributed by atoms with van der Waals surface area (Å²) in [4.78, 5) is 9.15. The van der Waals surface area contributed by atoms with Crippen molar-refractivity contribution in [2.45, 2.75) is 83.1 Å². The molecule has 0 amide bonds. The van der Waals surface area contributed by atoms with Crippen molar-refractivity contribution >= 4 is 0 Å². The smallest absolute Gasteiger partial charge is 0.126 e. The van der Waals surface area contributed by atoms with E-state index in [4.69, 9.17) is 0 Å². The van der Waals surface area contributed by atoms with Gasteiger partial charge in [0.1, 0.15) is 18.0 Å². The predicted molar refractivity (Wildman–Crippen MR) is 113 cm³/mol. The van der Waals surface area contributed by atoms with E-state index in [1.54, 1.807) is 6.33 Å². The Kier molecular flexibility index (Phi) is 6.99. The Labute approximate surface area is 173 Å². The van der Waals surface area contributed by atoms with Gasteiger partial charge in [-0.05, 0) is 62.4 Å². The number of aromatic nitrogens is 2. The molecule has 1 aromatic heterocycles. The first kappa shape index (κ1) is 21.8. The molecule has 0 bridgehead atoms. The van der Waals surface area contributed by atoms with E-state index in [0.717, 1.165) is 55.2 Å². The molecule has 1 fully saturated rings. The van der Waals surface area contributed by atoms with Crippen LogP contribution in [0.2, 0.25) is 0 Å². The monoisotopic (exact) mass is 401 g/mol. The van der Waals surface area contributed by atoms with Crippen molar-refractivity contribution in [2.75, 3.05) is 6.54 Å². The molecule has 0 aliphatic heterocycles. The standard InChI is InChI=1S/C24H33F2N3/c1-23(2,3)21-16-22(28-17-27-21)24(10-6-4-7-11-24)29-12-8-5-9-18-13-19(25)15-20(26)14-18/h13-17,29H,4-12H2,1-3H3. The lowest BCUT2D eigenvalue weighted by Gasteiger charge is -2.38. The van der Waals surface area contributed by atoms with Gasteiger partial charge in [0, 0.05) is 17.2 Å². The van der Waals surface area contributed by atoms with Crippen molar-refractivity contribution in [1.29, 1.82) is 0 Å². The number of hydrogen-bond acceptors (Lipinski definition) is 3. The molecule has 1 N–H and O–H groups in total. The van der Waals surface area contributed by atoms with Crippen LogP contribution in [0.15, 0.2) is 30.6 Å². The number of hydrogen-bond donors (Lipinski definition) is 1. The maximum absolute atomic E-state index is 13.3. The third-order valence-corrected chi connectivity index (χ3v) is 5.91. The number of unbranched alkanes of at least 4 members (excludes halogenated alkanes) is 1. The van der Waals surface area contributed by atoms with Gasteiger partial charge in [-0.25, -0.2) is 18.7 Å². The summed E-state index contributed by atoms with van der Waals surface area (Å²) in [5, 5.41) is 3.80.